The standard InChI is InChI=1S/C13H16ClIN2O2S/c14-12-10(15)11(8-3-1-2-4-8)16-13(17-12)9-5-6-20(18,19)7-9/h8-9H,1-7H2. The van der Waals surface area contributed by atoms with Crippen molar-refractivity contribution in [1.82, 2.24) is 9.97 Å². The lowest BCUT2D eigenvalue weighted by atomic mass is 10.0. The van der Waals surface area contributed by atoms with E-state index in [1.54, 1.807) is 0 Å². The molecule has 0 amide bonds. The first kappa shape index (κ1) is 15.0. The number of aromatic nitrogens is 2. The van der Waals surface area contributed by atoms with Gasteiger partial charge in [0.2, 0.25) is 0 Å². The van der Waals surface area contributed by atoms with Gasteiger partial charge in [-0.25, -0.2) is 18.4 Å². The van der Waals surface area contributed by atoms with Crippen molar-refractivity contribution in [1.29, 1.82) is 0 Å². The van der Waals surface area contributed by atoms with E-state index < -0.39 is 9.84 Å². The molecule has 0 radical (unpaired) electrons. The maximum Gasteiger partial charge on any atom is 0.151 e. The summed E-state index contributed by atoms with van der Waals surface area (Å²) in [4.78, 5) is 9.03. The van der Waals surface area contributed by atoms with Crippen LogP contribution in [0, 0.1) is 3.57 Å². The molecule has 1 aliphatic heterocycles. The van der Waals surface area contributed by atoms with Gasteiger partial charge in [-0.05, 0) is 41.9 Å². The van der Waals surface area contributed by atoms with Crippen LogP contribution in [0.15, 0.2) is 0 Å². The van der Waals surface area contributed by atoms with Gasteiger partial charge in [0.1, 0.15) is 11.0 Å². The fourth-order valence-electron chi connectivity index (χ4n) is 3.10. The van der Waals surface area contributed by atoms with Crippen LogP contribution in [0.5, 0.6) is 0 Å². The van der Waals surface area contributed by atoms with Crippen molar-refractivity contribution < 1.29 is 8.42 Å². The predicted octanol–water partition coefficient (Wildman–Crippen LogP) is 3.29. The van der Waals surface area contributed by atoms with E-state index in [-0.39, 0.29) is 17.4 Å². The zero-order chi connectivity index (χ0) is 14.3. The Morgan fingerprint density at radius 2 is 1.80 bits per heavy atom. The van der Waals surface area contributed by atoms with Crippen molar-refractivity contribution in [2.24, 2.45) is 0 Å². The Morgan fingerprint density at radius 1 is 1.10 bits per heavy atom. The second kappa shape index (κ2) is 5.68. The van der Waals surface area contributed by atoms with E-state index in [9.17, 15) is 8.42 Å². The average molecular weight is 427 g/mol. The average Bonchev–Trinajstić information content (AvgIpc) is 3.01. The molecule has 1 saturated heterocycles. The van der Waals surface area contributed by atoms with Crippen LogP contribution in [-0.2, 0) is 9.84 Å². The van der Waals surface area contributed by atoms with Crippen LogP contribution in [0.25, 0.3) is 0 Å². The number of hydrogen-bond acceptors (Lipinski definition) is 4. The van der Waals surface area contributed by atoms with Crippen LogP contribution in [0.4, 0.5) is 0 Å². The van der Waals surface area contributed by atoms with E-state index in [0.717, 1.165) is 22.1 Å². The largest absolute Gasteiger partial charge is 0.236 e. The summed E-state index contributed by atoms with van der Waals surface area (Å²) in [6.07, 6.45) is 5.37. The third kappa shape index (κ3) is 2.97. The van der Waals surface area contributed by atoms with Crippen LogP contribution < -0.4 is 0 Å². The minimum Gasteiger partial charge on any atom is -0.236 e. The van der Waals surface area contributed by atoms with Crippen molar-refractivity contribution in [3.63, 3.8) is 0 Å². The highest BCUT2D eigenvalue weighted by Crippen LogP contribution is 2.38. The Kier molecular flexibility index (Phi) is 4.25. The van der Waals surface area contributed by atoms with Gasteiger partial charge in [-0.2, -0.15) is 0 Å². The Labute approximate surface area is 137 Å². The lowest BCUT2D eigenvalue weighted by molar-refractivity contribution is 0.600. The highest BCUT2D eigenvalue weighted by Gasteiger charge is 2.32. The molecule has 0 spiro atoms. The summed E-state index contributed by atoms with van der Waals surface area (Å²) in [5.74, 6) is 1.39. The van der Waals surface area contributed by atoms with E-state index in [1.807, 2.05) is 0 Å². The molecular formula is C13H16ClIN2O2S. The van der Waals surface area contributed by atoms with Crippen molar-refractivity contribution in [2.45, 2.75) is 43.9 Å². The quantitative estimate of drug-likeness (QED) is 0.538. The van der Waals surface area contributed by atoms with Gasteiger partial charge in [0.05, 0.1) is 20.8 Å². The maximum absolute atomic E-state index is 11.6. The normalized spacial score (nSPS) is 26.2. The van der Waals surface area contributed by atoms with Gasteiger partial charge in [0, 0.05) is 11.8 Å². The van der Waals surface area contributed by atoms with Crippen molar-refractivity contribution in [3.05, 3.63) is 20.2 Å². The predicted molar refractivity (Wildman–Crippen MR) is 87.0 cm³/mol. The van der Waals surface area contributed by atoms with E-state index in [4.69, 9.17) is 16.6 Å². The van der Waals surface area contributed by atoms with Gasteiger partial charge >= 0.3 is 0 Å². The zero-order valence-electron chi connectivity index (χ0n) is 11.0. The lowest BCUT2D eigenvalue weighted by Crippen LogP contribution is -2.12. The Hall–Kier alpha value is 0.0500. The number of halogens is 2. The lowest BCUT2D eigenvalue weighted by Gasteiger charge is -2.15. The summed E-state index contributed by atoms with van der Waals surface area (Å²) in [5.41, 5.74) is 1.03. The molecule has 1 atom stereocenters. The van der Waals surface area contributed by atoms with Gasteiger partial charge in [-0.15, -0.1) is 0 Å². The second-order valence-electron chi connectivity index (χ2n) is 5.65. The molecule has 1 aromatic rings. The van der Waals surface area contributed by atoms with Gasteiger partial charge in [-0.1, -0.05) is 24.4 Å². The van der Waals surface area contributed by atoms with Crippen molar-refractivity contribution >= 4 is 44.0 Å². The van der Waals surface area contributed by atoms with Gasteiger partial charge in [0.25, 0.3) is 0 Å². The fourth-order valence-corrected chi connectivity index (χ4v) is 5.71. The first-order valence-electron chi connectivity index (χ1n) is 6.89. The molecule has 0 bridgehead atoms. The number of nitrogens with zero attached hydrogens (tertiary/aromatic N) is 2. The summed E-state index contributed by atoms with van der Waals surface area (Å²) in [6, 6.07) is 0. The first-order valence-corrected chi connectivity index (χ1v) is 10.2. The minimum atomic E-state index is -2.92. The molecule has 7 heteroatoms. The Morgan fingerprint density at radius 3 is 2.40 bits per heavy atom. The molecule has 1 saturated carbocycles. The molecular weight excluding hydrogens is 411 g/mol. The Bertz CT molecular complexity index is 630. The van der Waals surface area contributed by atoms with Gasteiger partial charge in [0.15, 0.2) is 9.84 Å². The second-order valence-corrected chi connectivity index (χ2v) is 9.32. The number of hydrogen-bond donors (Lipinski definition) is 0. The van der Waals surface area contributed by atoms with Crippen LogP contribution in [0.1, 0.15) is 55.5 Å². The molecule has 2 fully saturated rings. The molecule has 1 aromatic heterocycles. The van der Waals surface area contributed by atoms with E-state index >= 15 is 0 Å². The third-order valence-electron chi connectivity index (χ3n) is 4.19. The SMILES string of the molecule is O=S1(=O)CCC(c2nc(Cl)c(I)c(C3CCCC3)n2)C1. The minimum absolute atomic E-state index is 0.0883. The fraction of sp³-hybridized carbons (Fsp3) is 0.692. The van der Waals surface area contributed by atoms with E-state index in [0.29, 0.717) is 23.3 Å². The highest BCUT2D eigenvalue weighted by molar-refractivity contribution is 14.1. The molecule has 1 unspecified atom stereocenters. The zero-order valence-corrected chi connectivity index (χ0v) is 14.7. The summed E-state index contributed by atoms with van der Waals surface area (Å²) in [5, 5.41) is 0.474. The monoisotopic (exact) mass is 426 g/mol. The summed E-state index contributed by atoms with van der Waals surface area (Å²) < 4.78 is 24.2. The molecule has 1 aliphatic carbocycles. The van der Waals surface area contributed by atoms with Crippen molar-refractivity contribution in [2.75, 3.05) is 11.5 Å². The van der Waals surface area contributed by atoms with Crippen LogP contribution in [0.2, 0.25) is 5.15 Å². The molecule has 2 heterocycles. The third-order valence-corrected chi connectivity index (χ3v) is 7.62. The molecule has 20 heavy (non-hydrogen) atoms. The van der Waals surface area contributed by atoms with Crippen LogP contribution >= 0.6 is 34.2 Å². The molecule has 3 rings (SSSR count). The van der Waals surface area contributed by atoms with E-state index in [2.05, 4.69) is 27.6 Å². The molecule has 2 aliphatic rings. The smallest absolute Gasteiger partial charge is 0.151 e. The van der Waals surface area contributed by atoms with Crippen LogP contribution in [-0.4, -0.2) is 29.9 Å². The Balaban J connectivity index is 1.96. The van der Waals surface area contributed by atoms with Crippen molar-refractivity contribution in [3.8, 4) is 0 Å². The topological polar surface area (TPSA) is 59.9 Å². The van der Waals surface area contributed by atoms with E-state index in [1.165, 1.54) is 12.8 Å². The summed E-state index contributed by atoms with van der Waals surface area (Å²) >= 11 is 8.44. The molecule has 110 valence electrons. The van der Waals surface area contributed by atoms with Crippen LogP contribution in [0.3, 0.4) is 0 Å². The number of sulfone groups is 1. The molecule has 4 nitrogen and oxygen atoms in total. The van der Waals surface area contributed by atoms with Gasteiger partial charge in [-0.3, -0.25) is 0 Å². The highest BCUT2D eigenvalue weighted by atomic mass is 127. The summed E-state index contributed by atoms with van der Waals surface area (Å²) in [7, 11) is -2.92. The molecule has 0 N–H and O–H groups in total. The summed E-state index contributed by atoms with van der Waals surface area (Å²) in [6.45, 7) is 0. The molecule has 0 aromatic carbocycles. The maximum atomic E-state index is 11.6. The first-order chi connectivity index (χ1) is 9.46. The van der Waals surface area contributed by atoms with Gasteiger partial charge < -0.3 is 0 Å². The number of rotatable bonds is 2.